The molecule has 0 aliphatic heterocycles. The summed E-state index contributed by atoms with van der Waals surface area (Å²) >= 11 is 7.48. The molecule has 3 N–H and O–H groups in total. The number of hydrogen-bond acceptors (Lipinski definition) is 4. The molecule has 3 aromatic rings. The molecule has 26 heavy (non-hydrogen) atoms. The highest BCUT2D eigenvalue weighted by atomic mass is 35.5. The molecule has 0 spiro atoms. The van der Waals surface area contributed by atoms with Crippen molar-refractivity contribution in [3.8, 4) is 5.75 Å². The molecule has 2 heterocycles. The first-order chi connectivity index (χ1) is 12.5. The Balaban J connectivity index is 1.82. The van der Waals surface area contributed by atoms with Gasteiger partial charge in [0.15, 0.2) is 0 Å². The average molecular weight is 389 g/mol. The van der Waals surface area contributed by atoms with Crippen molar-refractivity contribution in [1.29, 1.82) is 0 Å². The van der Waals surface area contributed by atoms with Crippen LogP contribution in [0.5, 0.6) is 5.75 Å². The van der Waals surface area contributed by atoms with Crippen LogP contribution in [0.1, 0.15) is 39.2 Å². The minimum absolute atomic E-state index is 0.236. The topological polar surface area (TPSA) is 82.2 Å². The van der Waals surface area contributed by atoms with Crippen molar-refractivity contribution in [2.24, 2.45) is 0 Å². The van der Waals surface area contributed by atoms with Crippen molar-refractivity contribution < 1.29 is 9.90 Å². The second-order valence-electron chi connectivity index (χ2n) is 6.51. The average Bonchev–Trinajstić information content (AvgIpc) is 2.96. The van der Waals surface area contributed by atoms with Gasteiger partial charge in [-0.1, -0.05) is 17.7 Å². The zero-order chi connectivity index (χ0) is 18.4. The maximum absolute atomic E-state index is 12.7. The number of rotatable bonds is 2. The third-order valence-corrected chi connectivity index (χ3v) is 6.22. The van der Waals surface area contributed by atoms with Crippen molar-refractivity contribution >= 4 is 44.7 Å². The van der Waals surface area contributed by atoms with Crippen LogP contribution in [-0.4, -0.2) is 16.0 Å². The number of benzene rings is 1. The fourth-order valence-corrected chi connectivity index (χ4v) is 4.88. The van der Waals surface area contributed by atoms with Crippen LogP contribution in [0.15, 0.2) is 23.0 Å². The lowest BCUT2D eigenvalue weighted by Crippen LogP contribution is -2.23. The summed E-state index contributed by atoms with van der Waals surface area (Å²) in [6.45, 7) is 1.83. The molecule has 134 valence electrons. The Morgan fingerprint density at radius 1 is 1.31 bits per heavy atom. The van der Waals surface area contributed by atoms with Crippen LogP contribution in [0.25, 0.3) is 10.2 Å². The number of aromatic amines is 1. The molecule has 1 amide bonds. The number of halogens is 1. The minimum Gasteiger partial charge on any atom is -0.506 e. The van der Waals surface area contributed by atoms with Gasteiger partial charge < -0.3 is 15.4 Å². The Morgan fingerprint density at radius 3 is 2.88 bits per heavy atom. The van der Waals surface area contributed by atoms with E-state index in [9.17, 15) is 14.7 Å². The molecule has 0 fully saturated rings. The van der Waals surface area contributed by atoms with Crippen molar-refractivity contribution in [3.05, 3.63) is 55.1 Å². The van der Waals surface area contributed by atoms with Gasteiger partial charge >= 0.3 is 0 Å². The number of aromatic hydroxyl groups is 1. The molecule has 2 aromatic heterocycles. The van der Waals surface area contributed by atoms with Crippen LogP contribution < -0.4 is 10.9 Å². The number of aryl methyl sites for hydroxylation is 3. The monoisotopic (exact) mass is 388 g/mol. The van der Waals surface area contributed by atoms with Gasteiger partial charge in [-0.2, -0.15) is 0 Å². The standard InChI is InChI=1S/C19H17ClN2O3S/c1-9-6-7-10(20)8-12(9)21-17(24)15-16(23)14-11-4-2-3-5-13(11)26-19(14)22-18(15)25/h6-8H,2-5H2,1H3,(H,21,24)(H2,22,23,25). The maximum atomic E-state index is 12.7. The van der Waals surface area contributed by atoms with Gasteiger partial charge in [0.1, 0.15) is 16.1 Å². The number of carbonyl (C=O) groups is 1. The van der Waals surface area contributed by atoms with Crippen LogP contribution in [0.2, 0.25) is 5.02 Å². The van der Waals surface area contributed by atoms with Crippen molar-refractivity contribution in [2.75, 3.05) is 5.32 Å². The van der Waals surface area contributed by atoms with Crippen LogP contribution in [-0.2, 0) is 12.8 Å². The van der Waals surface area contributed by atoms with Gasteiger partial charge in [0.25, 0.3) is 11.5 Å². The Kier molecular flexibility index (Phi) is 4.25. The van der Waals surface area contributed by atoms with Gasteiger partial charge in [-0.15, -0.1) is 11.3 Å². The summed E-state index contributed by atoms with van der Waals surface area (Å²) in [4.78, 5) is 29.8. The number of anilines is 1. The van der Waals surface area contributed by atoms with Crippen LogP contribution >= 0.6 is 22.9 Å². The second kappa shape index (κ2) is 6.45. The molecule has 0 radical (unpaired) electrons. The zero-order valence-electron chi connectivity index (χ0n) is 14.1. The van der Waals surface area contributed by atoms with Crippen LogP contribution in [0, 0.1) is 6.92 Å². The minimum atomic E-state index is -0.647. The summed E-state index contributed by atoms with van der Waals surface area (Å²) in [7, 11) is 0. The number of hydrogen-bond donors (Lipinski definition) is 3. The number of thiophene rings is 1. The molecular weight excluding hydrogens is 372 g/mol. The first-order valence-electron chi connectivity index (χ1n) is 8.42. The van der Waals surface area contributed by atoms with Gasteiger partial charge in [-0.05, 0) is 55.9 Å². The van der Waals surface area contributed by atoms with E-state index in [1.165, 1.54) is 16.2 Å². The normalized spacial score (nSPS) is 13.6. The third-order valence-electron chi connectivity index (χ3n) is 4.77. The predicted octanol–water partition coefficient (Wildman–Crippen LogP) is 4.39. The van der Waals surface area contributed by atoms with Gasteiger partial charge in [-0.25, -0.2) is 0 Å². The Hall–Kier alpha value is -2.31. The number of amides is 1. The van der Waals surface area contributed by atoms with Crippen molar-refractivity contribution in [3.63, 3.8) is 0 Å². The molecule has 0 unspecified atom stereocenters. The van der Waals surface area contributed by atoms with E-state index >= 15 is 0 Å². The lowest BCUT2D eigenvalue weighted by atomic mass is 9.96. The van der Waals surface area contributed by atoms with E-state index in [-0.39, 0.29) is 11.3 Å². The maximum Gasteiger partial charge on any atom is 0.265 e. The predicted molar refractivity (Wildman–Crippen MR) is 105 cm³/mol. The fourth-order valence-electron chi connectivity index (χ4n) is 3.43. The molecule has 5 nitrogen and oxygen atoms in total. The highest BCUT2D eigenvalue weighted by Crippen LogP contribution is 2.40. The van der Waals surface area contributed by atoms with Crippen LogP contribution in [0.4, 0.5) is 5.69 Å². The summed E-state index contributed by atoms with van der Waals surface area (Å²) in [5, 5.41) is 14.5. The molecule has 1 aromatic carbocycles. The molecule has 4 rings (SSSR count). The van der Waals surface area contributed by atoms with Crippen molar-refractivity contribution in [1.82, 2.24) is 4.98 Å². The first-order valence-corrected chi connectivity index (χ1v) is 9.62. The van der Waals surface area contributed by atoms with E-state index in [0.717, 1.165) is 36.8 Å². The highest BCUT2D eigenvalue weighted by molar-refractivity contribution is 7.18. The summed E-state index contributed by atoms with van der Waals surface area (Å²) in [6, 6.07) is 5.12. The number of pyridine rings is 1. The molecule has 7 heteroatoms. The summed E-state index contributed by atoms with van der Waals surface area (Å²) < 4.78 is 0. The number of nitrogens with one attached hydrogen (secondary N) is 2. The summed E-state index contributed by atoms with van der Waals surface area (Å²) in [6.07, 6.45) is 3.94. The molecule has 1 aliphatic carbocycles. The lowest BCUT2D eigenvalue weighted by molar-refractivity contribution is 0.102. The third kappa shape index (κ3) is 2.79. The fraction of sp³-hybridized carbons (Fsp3) is 0.263. The SMILES string of the molecule is Cc1ccc(Cl)cc1NC(=O)c1c(O)c2c3c(sc2[nH]c1=O)CCCC3. The number of H-pyrrole nitrogens is 1. The van der Waals surface area contributed by atoms with E-state index in [0.29, 0.717) is 20.9 Å². The highest BCUT2D eigenvalue weighted by Gasteiger charge is 2.25. The molecular formula is C19H17ClN2O3S. The number of aromatic nitrogens is 1. The summed E-state index contributed by atoms with van der Waals surface area (Å²) in [5.41, 5.74) is 1.52. The molecule has 0 saturated carbocycles. The van der Waals surface area contributed by atoms with E-state index in [1.54, 1.807) is 18.2 Å². The van der Waals surface area contributed by atoms with Crippen molar-refractivity contribution in [2.45, 2.75) is 32.6 Å². The van der Waals surface area contributed by atoms with E-state index in [4.69, 9.17) is 11.6 Å². The Morgan fingerprint density at radius 2 is 2.08 bits per heavy atom. The van der Waals surface area contributed by atoms with E-state index in [2.05, 4.69) is 10.3 Å². The number of fused-ring (bicyclic) bond motifs is 3. The van der Waals surface area contributed by atoms with E-state index in [1.807, 2.05) is 6.92 Å². The Labute approximate surface area is 158 Å². The molecule has 1 aliphatic rings. The largest absolute Gasteiger partial charge is 0.506 e. The van der Waals surface area contributed by atoms with Crippen LogP contribution in [0.3, 0.4) is 0 Å². The first kappa shape index (κ1) is 17.1. The quantitative estimate of drug-likeness (QED) is 0.609. The molecule has 0 saturated heterocycles. The van der Waals surface area contributed by atoms with Gasteiger partial charge in [-0.3, -0.25) is 9.59 Å². The zero-order valence-corrected chi connectivity index (χ0v) is 15.7. The summed E-state index contributed by atoms with van der Waals surface area (Å²) in [5.74, 6) is -0.882. The van der Waals surface area contributed by atoms with Gasteiger partial charge in [0, 0.05) is 15.6 Å². The molecule has 0 bridgehead atoms. The number of carbonyl (C=O) groups excluding carboxylic acids is 1. The van der Waals surface area contributed by atoms with Gasteiger partial charge in [0.05, 0.1) is 5.39 Å². The lowest BCUT2D eigenvalue weighted by Gasteiger charge is -2.12. The smallest absolute Gasteiger partial charge is 0.265 e. The Bertz CT molecular complexity index is 1100. The second-order valence-corrected chi connectivity index (χ2v) is 8.05. The van der Waals surface area contributed by atoms with Gasteiger partial charge in [0.2, 0.25) is 0 Å². The van der Waals surface area contributed by atoms with E-state index < -0.39 is 11.5 Å². The molecule has 0 atom stereocenters.